The Bertz CT molecular complexity index is 647. The number of benzene rings is 2. The van der Waals surface area contributed by atoms with Crippen molar-refractivity contribution < 1.29 is 0 Å². The fraction of sp³-hybridized carbons (Fsp3) is 0.211. The van der Waals surface area contributed by atoms with Crippen molar-refractivity contribution in [1.29, 1.82) is 5.26 Å². The molecule has 0 heterocycles. The number of hydrogen-bond donors (Lipinski definition) is 0. The molecular weight excluding hydrogens is 242 g/mol. The number of rotatable bonds is 2. The molecule has 0 unspecified atom stereocenters. The van der Waals surface area contributed by atoms with Gasteiger partial charge in [0.2, 0.25) is 0 Å². The van der Waals surface area contributed by atoms with Gasteiger partial charge in [0.15, 0.2) is 0 Å². The van der Waals surface area contributed by atoms with Crippen LogP contribution in [0.5, 0.6) is 0 Å². The predicted octanol–water partition coefficient (Wildman–Crippen LogP) is 4.92. The quantitative estimate of drug-likeness (QED) is 0.753. The van der Waals surface area contributed by atoms with Crippen LogP contribution in [0.1, 0.15) is 43.0 Å². The second-order valence-electron chi connectivity index (χ2n) is 6.00. The van der Waals surface area contributed by atoms with E-state index in [0.29, 0.717) is 5.56 Å². The lowest BCUT2D eigenvalue weighted by molar-refractivity contribution is 0.590. The van der Waals surface area contributed by atoms with Gasteiger partial charge in [-0.2, -0.15) is 5.26 Å². The van der Waals surface area contributed by atoms with E-state index in [9.17, 15) is 0 Å². The molecule has 0 aliphatic carbocycles. The van der Waals surface area contributed by atoms with Gasteiger partial charge in [-0.25, -0.2) is 0 Å². The highest BCUT2D eigenvalue weighted by molar-refractivity contribution is 5.78. The molecule has 0 bridgehead atoms. The third kappa shape index (κ3) is 2.97. The molecule has 0 saturated carbocycles. The summed E-state index contributed by atoms with van der Waals surface area (Å²) in [6, 6.07) is 18.2. The van der Waals surface area contributed by atoms with Crippen LogP contribution in [-0.2, 0) is 5.41 Å². The molecule has 0 aliphatic heterocycles. The summed E-state index contributed by atoms with van der Waals surface area (Å²) in [5, 5.41) is 8.82. The van der Waals surface area contributed by atoms with Gasteiger partial charge >= 0.3 is 0 Å². The van der Waals surface area contributed by atoms with Gasteiger partial charge in [-0.05, 0) is 39.8 Å². The second-order valence-corrected chi connectivity index (χ2v) is 6.00. The van der Waals surface area contributed by atoms with Gasteiger partial charge in [-0.15, -0.1) is 0 Å². The lowest BCUT2D eigenvalue weighted by atomic mass is 9.86. The SMILES string of the molecule is C=C(c1ccc(C#N)cc1)c1ccc(C(C)(C)C)cc1. The van der Waals surface area contributed by atoms with Gasteiger partial charge < -0.3 is 0 Å². The van der Waals surface area contributed by atoms with E-state index < -0.39 is 0 Å². The summed E-state index contributed by atoms with van der Waals surface area (Å²) in [6.07, 6.45) is 0. The third-order valence-corrected chi connectivity index (χ3v) is 3.46. The number of nitrogens with zero attached hydrogens (tertiary/aromatic N) is 1. The van der Waals surface area contributed by atoms with Crippen LogP contribution in [0.2, 0.25) is 0 Å². The minimum Gasteiger partial charge on any atom is -0.192 e. The van der Waals surface area contributed by atoms with E-state index in [1.165, 1.54) is 5.56 Å². The number of nitriles is 1. The zero-order chi connectivity index (χ0) is 14.8. The van der Waals surface area contributed by atoms with Gasteiger partial charge in [-0.1, -0.05) is 63.7 Å². The van der Waals surface area contributed by atoms with E-state index >= 15 is 0 Å². The average molecular weight is 261 g/mol. The molecule has 0 atom stereocenters. The van der Waals surface area contributed by atoms with Gasteiger partial charge in [0.1, 0.15) is 0 Å². The van der Waals surface area contributed by atoms with E-state index in [0.717, 1.165) is 16.7 Å². The first-order valence-electron chi connectivity index (χ1n) is 6.72. The molecule has 0 amide bonds. The Morgan fingerprint density at radius 1 is 0.900 bits per heavy atom. The van der Waals surface area contributed by atoms with Crippen molar-refractivity contribution in [3.63, 3.8) is 0 Å². The highest BCUT2D eigenvalue weighted by Gasteiger charge is 2.13. The topological polar surface area (TPSA) is 23.8 Å². The molecule has 20 heavy (non-hydrogen) atoms. The lowest BCUT2D eigenvalue weighted by Gasteiger charge is -2.19. The Kier molecular flexibility index (Phi) is 3.77. The molecule has 2 rings (SSSR count). The lowest BCUT2D eigenvalue weighted by Crippen LogP contribution is -2.10. The molecule has 2 aromatic rings. The van der Waals surface area contributed by atoms with Crippen molar-refractivity contribution in [3.8, 4) is 6.07 Å². The zero-order valence-electron chi connectivity index (χ0n) is 12.3. The van der Waals surface area contributed by atoms with Gasteiger partial charge in [0, 0.05) is 0 Å². The van der Waals surface area contributed by atoms with E-state index in [2.05, 4.69) is 57.7 Å². The fourth-order valence-electron chi connectivity index (χ4n) is 2.08. The summed E-state index contributed by atoms with van der Waals surface area (Å²) >= 11 is 0. The summed E-state index contributed by atoms with van der Waals surface area (Å²) in [5.41, 5.74) is 5.29. The molecule has 1 nitrogen and oxygen atoms in total. The monoisotopic (exact) mass is 261 g/mol. The highest BCUT2D eigenvalue weighted by Crippen LogP contribution is 2.26. The van der Waals surface area contributed by atoms with Crippen LogP contribution in [-0.4, -0.2) is 0 Å². The highest BCUT2D eigenvalue weighted by atomic mass is 14.2. The zero-order valence-corrected chi connectivity index (χ0v) is 12.3. The molecule has 0 radical (unpaired) electrons. The standard InChI is InChI=1S/C19H19N/c1-14(16-7-5-15(13-20)6-8-16)17-9-11-18(12-10-17)19(2,3)4/h5-12H,1H2,2-4H3. The molecule has 0 aromatic heterocycles. The Balaban J connectivity index is 2.27. The minimum atomic E-state index is 0.161. The molecule has 2 aromatic carbocycles. The second kappa shape index (κ2) is 5.35. The Labute approximate surface area is 121 Å². The summed E-state index contributed by atoms with van der Waals surface area (Å²) in [4.78, 5) is 0. The molecule has 0 aliphatic rings. The van der Waals surface area contributed by atoms with Crippen LogP contribution in [0.15, 0.2) is 55.1 Å². The van der Waals surface area contributed by atoms with Crippen molar-refractivity contribution in [2.45, 2.75) is 26.2 Å². The predicted molar refractivity (Wildman–Crippen MR) is 84.4 cm³/mol. The van der Waals surface area contributed by atoms with Gasteiger partial charge in [0.25, 0.3) is 0 Å². The molecule has 1 heteroatoms. The third-order valence-electron chi connectivity index (χ3n) is 3.46. The van der Waals surface area contributed by atoms with Crippen molar-refractivity contribution in [1.82, 2.24) is 0 Å². The minimum absolute atomic E-state index is 0.161. The first-order chi connectivity index (χ1) is 9.41. The van der Waals surface area contributed by atoms with Crippen LogP contribution < -0.4 is 0 Å². The van der Waals surface area contributed by atoms with Crippen molar-refractivity contribution in [3.05, 3.63) is 77.4 Å². The molecular formula is C19H19N. The van der Waals surface area contributed by atoms with Crippen LogP contribution in [0.25, 0.3) is 5.57 Å². The van der Waals surface area contributed by atoms with Gasteiger partial charge in [0.05, 0.1) is 11.6 Å². The molecule has 100 valence electrons. The number of hydrogen-bond acceptors (Lipinski definition) is 1. The average Bonchev–Trinajstić information content (AvgIpc) is 2.46. The molecule has 0 N–H and O–H groups in total. The van der Waals surface area contributed by atoms with E-state index in [1.807, 2.05) is 24.3 Å². The van der Waals surface area contributed by atoms with Crippen molar-refractivity contribution in [2.75, 3.05) is 0 Å². The first-order valence-corrected chi connectivity index (χ1v) is 6.72. The summed E-state index contributed by atoms with van der Waals surface area (Å²) in [6.45, 7) is 10.8. The van der Waals surface area contributed by atoms with Crippen LogP contribution in [0, 0.1) is 11.3 Å². The van der Waals surface area contributed by atoms with Crippen LogP contribution in [0.3, 0.4) is 0 Å². The van der Waals surface area contributed by atoms with Crippen LogP contribution in [0.4, 0.5) is 0 Å². The first kappa shape index (κ1) is 14.1. The van der Waals surface area contributed by atoms with Crippen molar-refractivity contribution in [2.24, 2.45) is 0 Å². The Morgan fingerprint density at radius 2 is 1.35 bits per heavy atom. The molecule has 0 saturated heterocycles. The maximum Gasteiger partial charge on any atom is 0.0991 e. The maximum atomic E-state index is 8.82. The van der Waals surface area contributed by atoms with Gasteiger partial charge in [-0.3, -0.25) is 0 Å². The maximum absolute atomic E-state index is 8.82. The fourth-order valence-corrected chi connectivity index (χ4v) is 2.08. The van der Waals surface area contributed by atoms with E-state index in [4.69, 9.17) is 5.26 Å². The Morgan fingerprint density at radius 3 is 1.75 bits per heavy atom. The molecule has 0 spiro atoms. The summed E-state index contributed by atoms with van der Waals surface area (Å²) < 4.78 is 0. The Hall–Kier alpha value is -2.33. The van der Waals surface area contributed by atoms with E-state index in [-0.39, 0.29) is 5.41 Å². The van der Waals surface area contributed by atoms with Crippen LogP contribution >= 0.6 is 0 Å². The largest absolute Gasteiger partial charge is 0.192 e. The summed E-state index contributed by atoms with van der Waals surface area (Å²) in [5.74, 6) is 0. The van der Waals surface area contributed by atoms with E-state index in [1.54, 1.807) is 0 Å². The van der Waals surface area contributed by atoms with Crippen molar-refractivity contribution >= 4 is 5.57 Å². The smallest absolute Gasteiger partial charge is 0.0991 e. The normalized spacial score (nSPS) is 10.9. The molecule has 0 fully saturated rings. The summed E-state index contributed by atoms with van der Waals surface area (Å²) in [7, 11) is 0.